The van der Waals surface area contributed by atoms with Crippen molar-refractivity contribution in [2.24, 2.45) is 0 Å². The number of rotatable bonds is 4. The van der Waals surface area contributed by atoms with Crippen molar-refractivity contribution in [3.05, 3.63) is 78.6 Å². The Bertz CT molecular complexity index is 723. The predicted octanol–water partition coefficient (Wildman–Crippen LogP) is 7.18. The number of hydrogen-bond acceptors (Lipinski definition) is 2. The smallest absolute Gasteiger partial charge is 0.120 e. The van der Waals surface area contributed by atoms with Crippen LogP contribution < -0.4 is 4.74 Å². The van der Waals surface area contributed by atoms with Gasteiger partial charge in [0.2, 0.25) is 0 Å². The third-order valence-corrected chi connectivity index (χ3v) is 8.41. The van der Waals surface area contributed by atoms with Crippen molar-refractivity contribution < 1.29 is 9.84 Å². The Balaban J connectivity index is 0.000000244. The summed E-state index contributed by atoms with van der Waals surface area (Å²) >= 11 is 0. The Morgan fingerprint density at radius 1 is 0.963 bits per heavy atom. The maximum Gasteiger partial charge on any atom is 0.120 e. The summed E-state index contributed by atoms with van der Waals surface area (Å²) in [5.74, 6) is 0.990. The fourth-order valence-corrected chi connectivity index (χ4v) is 5.83. The summed E-state index contributed by atoms with van der Waals surface area (Å²) in [5.41, 5.74) is 2.20. The van der Waals surface area contributed by atoms with Crippen LogP contribution in [-0.4, -0.2) is 18.8 Å². The zero-order chi connectivity index (χ0) is 19.8. The highest BCUT2D eigenvalue weighted by molar-refractivity contribution is 6.77. The molecule has 0 aromatic heterocycles. The molecule has 1 heterocycles. The highest BCUT2D eigenvalue weighted by Gasteiger charge is 2.37. The quantitative estimate of drug-likeness (QED) is 0.449. The van der Waals surface area contributed by atoms with Gasteiger partial charge in [-0.3, -0.25) is 0 Å². The average molecular weight is 381 g/mol. The zero-order valence-corrected chi connectivity index (χ0v) is 17.8. The Labute approximate surface area is 165 Å². The van der Waals surface area contributed by atoms with Crippen LogP contribution in [-0.2, 0) is 0 Å². The SMILES string of the molecule is C=Cc1ccc(OC2(C)CC[Si](C)(C)CC2)cc1.OC=Cc1ccccc1. The van der Waals surface area contributed by atoms with Gasteiger partial charge in [-0.15, -0.1) is 0 Å². The van der Waals surface area contributed by atoms with Crippen molar-refractivity contribution in [1.29, 1.82) is 0 Å². The van der Waals surface area contributed by atoms with Gasteiger partial charge in [0, 0.05) is 8.07 Å². The Morgan fingerprint density at radius 3 is 2.07 bits per heavy atom. The van der Waals surface area contributed by atoms with Gasteiger partial charge in [0.1, 0.15) is 11.4 Å². The second-order valence-electron chi connectivity index (χ2n) is 8.22. The molecule has 2 aromatic carbocycles. The van der Waals surface area contributed by atoms with Crippen LogP contribution >= 0.6 is 0 Å². The first-order valence-corrected chi connectivity index (χ1v) is 13.0. The lowest BCUT2D eigenvalue weighted by Crippen LogP contribution is -2.43. The molecule has 1 saturated heterocycles. The fourth-order valence-electron chi connectivity index (χ4n) is 3.16. The van der Waals surface area contributed by atoms with Crippen molar-refractivity contribution in [3.8, 4) is 5.75 Å². The maximum atomic E-state index is 8.34. The topological polar surface area (TPSA) is 29.5 Å². The molecule has 144 valence electrons. The summed E-state index contributed by atoms with van der Waals surface area (Å²) in [5, 5.41) is 8.34. The molecule has 27 heavy (non-hydrogen) atoms. The molecule has 0 saturated carbocycles. The molecule has 1 aliphatic heterocycles. The van der Waals surface area contributed by atoms with Gasteiger partial charge >= 0.3 is 0 Å². The lowest BCUT2D eigenvalue weighted by atomic mass is 9.99. The second kappa shape index (κ2) is 9.61. The minimum atomic E-state index is -0.904. The number of ether oxygens (including phenoxy) is 1. The molecule has 0 amide bonds. The first-order valence-electron chi connectivity index (χ1n) is 9.63. The van der Waals surface area contributed by atoms with E-state index in [2.05, 4.69) is 50.9 Å². The summed E-state index contributed by atoms with van der Waals surface area (Å²) in [6, 6.07) is 20.6. The molecule has 0 atom stereocenters. The van der Waals surface area contributed by atoms with Gasteiger partial charge in [-0.2, -0.15) is 0 Å². The summed E-state index contributed by atoms with van der Waals surface area (Å²) in [6.45, 7) is 11.0. The van der Waals surface area contributed by atoms with E-state index in [1.165, 1.54) is 24.9 Å². The molecule has 1 aliphatic rings. The molecule has 0 aliphatic carbocycles. The van der Waals surface area contributed by atoms with Crippen LogP contribution in [0.25, 0.3) is 12.2 Å². The molecule has 2 nitrogen and oxygen atoms in total. The van der Waals surface area contributed by atoms with Crippen LogP contribution in [0.5, 0.6) is 5.75 Å². The van der Waals surface area contributed by atoms with Gasteiger partial charge in [0.25, 0.3) is 0 Å². The normalized spacial score (nSPS) is 17.6. The average Bonchev–Trinajstić information content (AvgIpc) is 2.67. The molecule has 1 N–H and O–H groups in total. The van der Waals surface area contributed by atoms with E-state index in [1.807, 2.05) is 36.4 Å². The molecule has 3 heteroatoms. The first-order chi connectivity index (χ1) is 12.9. The molecule has 1 fully saturated rings. The van der Waals surface area contributed by atoms with Crippen molar-refractivity contribution in [3.63, 3.8) is 0 Å². The van der Waals surface area contributed by atoms with E-state index < -0.39 is 8.07 Å². The van der Waals surface area contributed by atoms with Gasteiger partial charge in [-0.1, -0.05) is 80.3 Å². The first kappa shape index (κ1) is 21.0. The third-order valence-electron chi connectivity index (χ3n) is 5.21. The summed E-state index contributed by atoms with van der Waals surface area (Å²) < 4.78 is 6.22. The number of hydrogen-bond donors (Lipinski definition) is 1. The fraction of sp³-hybridized carbons (Fsp3) is 0.333. The van der Waals surface area contributed by atoms with E-state index in [-0.39, 0.29) is 5.60 Å². The van der Waals surface area contributed by atoms with Crippen LogP contribution in [0, 0.1) is 0 Å². The van der Waals surface area contributed by atoms with Crippen molar-refractivity contribution in [1.82, 2.24) is 0 Å². The van der Waals surface area contributed by atoms with Crippen LogP contribution in [0.2, 0.25) is 25.2 Å². The van der Waals surface area contributed by atoms with Gasteiger partial charge < -0.3 is 9.84 Å². The molecular formula is C24H32O2Si. The molecule has 3 rings (SSSR count). The molecule has 2 aromatic rings. The predicted molar refractivity (Wildman–Crippen MR) is 120 cm³/mol. The minimum absolute atomic E-state index is 0.0399. The standard InChI is InChI=1S/C16H24OSi.C8H8O/c1-5-14-6-8-15(9-7-14)17-16(2)10-12-18(3,4)13-11-16;9-7-6-8-4-2-1-3-5-8/h5-9H,1,10-13H2,2-4H3;1-7,9H. The molecule has 0 spiro atoms. The number of aliphatic hydroxyl groups excluding tert-OH is 1. The van der Waals surface area contributed by atoms with Crippen LogP contribution in [0.15, 0.2) is 67.4 Å². The van der Waals surface area contributed by atoms with Gasteiger partial charge in [-0.25, -0.2) is 0 Å². The number of aliphatic hydroxyl groups is 1. The van der Waals surface area contributed by atoms with Crippen LogP contribution in [0.3, 0.4) is 0 Å². The van der Waals surface area contributed by atoms with E-state index in [4.69, 9.17) is 9.84 Å². The molecule has 0 radical (unpaired) electrons. The van der Waals surface area contributed by atoms with Gasteiger partial charge in [-0.05, 0) is 49.1 Å². The van der Waals surface area contributed by atoms with E-state index >= 15 is 0 Å². The van der Waals surface area contributed by atoms with E-state index in [0.717, 1.165) is 23.1 Å². The van der Waals surface area contributed by atoms with E-state index in [9.17, 15) is 0 Å². The van der Waals surface area contributed by atoms with Gasteiger partial charge in [0.05, 0.1) is 6.26 Å². The molecular weight excluding hydrogens is 348 g/mol. The van der Waals surface area contributed by atoms with E-state index in [0.29, 0.717) is 0 Å². The summed E-state index contributed by atoms with van der Waals surface area (Å²) in [4.78, 5) is 0. The minimum Gasteiger partial charge on any atom is -0.516 e. The second-order valence-corrected chi connectivity index (χ2v) is 13.5. The largest absolute Gasteiger partial charge is 0.516 e. The monoisotopic (exact) mass is 380 g/mol. The highest BCUT2D eigenvalue weighted by atomic mass is 28.3. The Hall–Kier alpha value is -2.26. The van der Waals surface area contributed by atoms with Crippen molar-refractivity contribution in [2.45, 2.75) is 50.5 Å². The lowest BCUT2D eigenvalue weighted by molar-refractivity contribution is 0.0744. The lowest BCUT2D eigenvalue weighted by Gasteiger charge is -2.40. The highest BCUT2D eigenvalue weighted by Crippen LogP contribution is 2.38. The van der Waals surface area contributed by atoms with Crippen molar-refractivity contribution in [2.75, 3.05) is 0 Å². The number of benzene rings is 2. The Morgan fingerprint density at radius 2 is 1.56 bits per heavy atom. The van der Waals surface area contributed by atoms with E-state index in [1.54, 1.807) is 6.08 Å². The summed E-state index contributed by atoms with van der Waals surface area (Å²) in [7, 11) is -0.904. The van der Waals surface area contributed by atoms with Crippen molar-refractivity contribution >= 4 is 20.2 Å². The third kappa shape index (κ3) is 7.10. The van der Waals surface area contributed by atoms with Gasteiger partial charge in [0.15, 0.2) is 0 Å². The summed E-state index contributed by atoms with van der Waals surface area (Å²) in [6.07, 6.45) is 6.94. The van der Waals surface area contributed by atoms with Crippen LogP contribution in [0.4, 0.5) is 0 Å². The zero-order valence-electron chi connectivity index (χ0n) is 16.8. The molecule has 0 bridgehead atoms. The maximum absolute atomic E-state index is 8.34. The molecule has 0 unspecified atom stereocenters. The Kier molecular flexibility index (Phi) is 7.49. The van der Waals surface area contributed by atoms with Crippen LogP contribution in [0.1, 0.15) is 30.9 Å².